The van der Waals surface area contributed by atoms with E-state index in [-0.39, 0.29) is 24.2 Å². The number of nitrogens with one attached hydrogen (secondary N) is 1. The van der Waals surface area contributed by atoms with Crippen LogP contribution in [0.25, 0.3) is 11.3 Å². The van der Waals surface area contributed by atoms with Gasteiger partial charge in [0.1, 0.15) is 5.82 Å². The van der Waals surface area contributed by atoms with Gasteiger partial charge in [-0.3, -0.25) is 14.7 Å². The summed E-state index contributed by atoms with van der Waals surface area (Å²) < 4.78 is 13.4. The summed E-state index contributed by atoms with van der Waals surface area (Å²) in [4.78, 5) is 27.8. The fourth-order valence-corrected chi connectivity index (χ4v) is 3.11. The van der Waals surface area contributed by atoms with Gasteiger partial charge in [0.25, 0.3) is 5.91 Å². The molecular formula is C23H25FN4O2. The number of aromatic nitrogens is 2. The minimum absolute atomic E-state index is 0.0258. The van der Waals surface area contributed by atoms with Gasteiger partial charge in [-0.15, -0.1) is 0 Å². The van der Waals surface area contributed by atoms with Crippen LogP contribution in [0.2, 0.25) is 0 Å². The summed E-state index contributed by atoms with van der Waals surface area (Å²) in [5.41, 5.74) is 2.89. The Morgan fingerprint density at radius 2 is 1.77 bits per heavy atom. The van der Waals surface area contributed by atoms with Crippen molar-refractivity contribution in [3.05, 3.63) is 77.7 Å². The fraction of sp³-hybridized carbons (Fsp3) is 0.261. The van der Waals surface area contributed by atoms with E-state index in [4.69, 9.17) is 0 Å². The molecule has 1 N–H and O–H groups in total. The zero-order chi connectivity index (χ0) is 21.5. The molecule has 3 aromatic rings. The highest BCUT2D eigenvalue weighted by atomic mass is 19.1. The van der Waals surface area contributed by atoms with Gasteiger partial charge in [0.2, 0.25) is 5.91 Å². The molecule has 7 heteroatoms. The minimum Gasteiger partial charge on any atom is -0.344 e. The third-order valence-corrected chi connectivity index (χ3v) is 4.86. The van der Waals surface area contributed by atoms with Crippen LogP contribution in [0.15, 0.2) is 60.7 Å². The number of benzene rings is 2. The number of halogens is 1. The number of hydrogen-bond acceptors (Lipinski definition) is 3. The lowest BCUT2D eigenvalue weighted by atomic mass is 10.1. The lowest BCUT2D eigenvalue weighted by molar-refractivity contribution is -0.130. The summed E-state index contributed by atoms with van der Waals surface area (Å²) in [6.07, 6.45) is 1.45. The summed E-state index contributed by atoms with van der Waals surface area (Å²) in [6, 6.07) is 17.1. The van der Waals surface area contributed by atoms with Crippen LogP contribution in [0.3, 0.4) is 0 Å². The van der Waals surface area contributed by atoms with Crippen molar-refractivity contribution >= 4 is 11.8 Å². The Labute approximate surface area is 175 Å². The molecule has 3 rings (SSSR count). The van der Waals surface area contributed by atoms with Crippen molar-refractivity contribution in [1.29, 1.82) is 0 Å². The minimum atomic E-state index is -0.298. The van der Waals surface area contributed by atoms with Gasteiger partial charge in [-0.2, -0.15) is 5.10 Å². The van der Waals surface area contributed by atoms with Gasteiger partial charge < -0.3 is 9.80 Å². The maximum absolute atomic E-state index is 13.4. The van der Waals surface area contributed by atoms with E-state index in [0.717, 1.165) is 17.7 Å². The first-order chi connectivity index (χ1) is 14.4. The Balaban J connectivity index is 1.46. The van der Waals surface area contributed by atoms with Gasteiger partial charge in [-0.1, -0.05) is 30.3 Å². The van der Waals surface area contributed by atoms with E-state index >= 15 is 0 Å². The van der Waals surface area contributed by atoms with Crippen molar-refractivity contribution in [3.8, 4) is 11.3 Å². The molecule has 6 nitrogen and oxygen atoms in total. The van der Waals surface area contributed by atoms with E-state index < -0.39 is 0 Å². The number of aromatic amines is 1. The second-order valence-corrected chi connectivity index (χ2v) is 7.23. The fourth-order valence-electron chi connectivity index (χ4n) is 3.11. The molecule has 30 heavy (non-hydrogen) atoms. The van der Waals surface area contributed by atoms with E-state index in [2.05, 4.69) is 10.2 Å². The highest BCUT2D eigenvalue weighted by Crippen LogP contribution is 2.19. The molecule has 0 unspecified atom stereocenters. The average Bonchev–Trinajstić information content (AvgIpc) is 3.22. The number of likely N-dealkylation sites (N-methyl/N-ethyl adjacent to an activating group) is 2. The maximum Gasteiger partial charge on any atom is 0.254 e. The molecule has 0 spiro atoms. The molecule has 2 amide bonds. The Morgan fingerprint density at radius 3 is 2.50 bits per heavy atom. The Hall–Kier alpha value is -3.48. The van der Waals surface area contributed by atoms with E-state index in [1.54, 1.807) is 49.3 Å². The van der Waals surface area contributed by atoms with Crippen molar-refractivity contribution in [2.75, 3.05) is 27.2 Å². The molecule has 0 aliphatic carbocycles. The molecule has 0 aliphatic heterocycles. The van der Waals surface area contributed by atoms with Crippen LogP contribution in [0.5, 0.6) is 0 Å². The quantitative estimate of drug-likeness (QED) is 0.621. The van der Waals surface area contributed by atoms with Gasteiger partial charge >= 0.3 is 0 Å². The lowest BCUT2D eigenvalue weighted by Gasteiger charge is -2.22. The largest absolute Gasteiger partial charge is 0.344 e. The highest BCUT2D eigenvalue weighted by Gasteiger charge is 2.17. The number of aryl methyl sites for hydroxylation is 1. The third-order valence-electron chi connectivity index (χ3n) is 4.86. The number of rotatable bonds is 8. The Bertz CT molecular complexity index is 1000. The Morgan fingerprint density at radius 1 is 1.00 bits per heavy atom. The van der Waals surface area contributed by atoms with E-state index in [0.29, 0.717) is 24.2 Å². The molecule has 0 atom stereocenters. The monoisotopic (exact) mass is 408 g/mol. The molecule has 0 fully saturated rings. The third kappa shape index (κ3) is 5.53. The van der Waals surface area contributed by atoms with Gasteiger partial charge in [-0.05, 0) is 43.2 Å². The van der Waals surface area contributed by atoms with Crippen molar-refractivity contribution < 1.29 is 14.0 Å². The second-order valence-electron chi connectivity index (χ2n) is 7.23. The molecule has 0 aliphatic rings. The van der Waals surface area contributed by atoms with Gasteiger partial charge in [0.15, 0.2) is 0 Å². The van der Waals surface area contributed by atoms with Crippen LogP contribution in [0.4, 0.5) is 4.39 Å². The topological polar surface area (TPSA) is 69.3 Å². The second kappa shape index (κ2) is 9.82. The van der Waals surface area contributed by atoms with E-state index in [9.17, 15) is 14.0 Å². The molecule has 1 aromatic heterocycles. The van der Waals surface area contributed by atoms with Crippen LogP contribution in [-0.4, -0.2) is 59.0 Å². The van der Waals surface area contributed by atoms with E-state index in [1.807, 2.05) is 18.2 Å². The first-order valence-corrected chi connectivity index (χ1v) is 9.79. The standard InChI is InChI=1S/C23H25FN4O2/c1-27(22(29)16-28(2)23(30)17-8-4-3-5-9-17)13-7-12-20-15-21(26-25-20)18-10-6-11-19(24)14-18/h3-6,8-11,14-15H,7,12-13,16H2,1-2H3,(H,25,26). The van der Waals surface area contributed by atoms with Crippen LogP contribution >= 0.6 is 0 Å². The van der Waals surface area contributed by atoms with Crippen molar-refractivity contribution in [1.82, 2.24) is 20.0 Å². The average molecular weight is 408 g/mol. The van der Waals surface area contributed by atoms with Crippen molar-refractivity contribution in [2.45, 2.75) is 12.8 Å². The van der Waals surface area contributed by atoms with Crippen molar-refractivity contribution in [3.63, 3.8) is 0 Å². The molecule has 0 bridgehead atoms. The predicted molar refractivity (Wildman–Crippen MR) is 113 cm³/mol. The molecular weight excluding hydrogens is 383 g/mol. The van der Waals surface area contributed by atoms with Crippen LogP contribution in [-0.2, 0) is 11.2 Å². The predicted octanol–water partition coefficient (Wildman–Crippen LogP) is 3.38. The summed E-state index contributed by atoms with van der Waals surface area (Å²) in [6.45, 7) is 0.582. The van der Waals surface area contributed by atoms with Crippen LogP contribution in [0, 0.1) is 5.82 Å². The maximum atomic E-state index is 13.4. The first-order valence-electron chi connectivity index (χ1n) is 9.79. The van der Waals surface area contributed by atoms with Gasteiger partial charge in [0.05, 0.1) is 12.2 Å². The number of nitrogens with zero attached hydrogens (tertiary/aromatic N) is 3. The molecule has 1 heterocycles. The summed E-state index contributed by atoms with van der Waals surface area (Å²) in [5, 5.41) is 7.19. The molecule has 156 valence electrons. The number of amides is 2. The van der Waals surface area contributed by atoms with E-state index in [1.165, 1.54) is 17.0 Å². The lowest BCUT2D eigenvalue weighted by Crippen LogP contribution is -2.39. The van der Waals surface area contributed by atoms with Crippen LogP contribution < -0.4 is 0 Å². The molecule has 0 saturated carbocycles. The summed E-state index contributed by atoms with van der Waals surface area (Å²) >= 11 is 0. The zero-order valence-corrected chi connectivity index (χ0v) is 17.1. The number of H-pyrrole nitrogens is 1. The molecule has 0 radical (unpaired) electrons. The summed E-state index contributed by atoms with van der Waals surface area (Å²) in [5.74, 6) is -0.598. The zero-order valence-electron chi connectivity index (χ0n) is 17.1. The number of carbonyl (C=O) groups excluding carboxylic acids is 2. The molecule has 2 aromatic carbocycles. The molecule has 0 saturated heterocycles. The van der Waals surface area contributed by atoms with Gasteiger partial charge in [-0.25, -0.2) is 4.39 Å². The number of carbonyl (C=O) groups is 2. The van der Waals surface area contributed by atoms with Crippen molar-refractivity contribution in [2.24, 2.45) is 0 Å². The SMILES string of the molecule is CN(CCCc1cc(-c2cccc(F)c2)n[nH]1)C(=O)CN(C)C(=O)c1ccccc1. The normalized spacial score (nSPS) is 10.6. The number of hydrogen-bond donors (Lipinski definition) is 1. The van der Waals surface area contributed by atoms with Crippen LogP contribution in [0.1, 0.15) is 22.5 Å². The smallest absolute Gasteiger partial charge is 0.254 e. The Kier molecular flexibility index (Phi) is 6.95. The first kappa shape index (κ1) is 21.2. The summed E-state index contributed by atoms with van der Waals surface area (Å²) in [7, 11) is 3.36. The van der Waals surface area contributed by atoms with Gasteiger partial charge in [0, 0.05) is 37.5 Å². The highest BCUT2D eigenvalue weighted by molar-refractivity contribution is 5.96.